The van der Waals surface area contributed by atoms with Crippen molar-refractivity contribution in [3.8, 4) is 11.3 Å². The van der Waals surface area contributed by atoms with Crippen LogP contribution in [0.1, 0.15) is 31.2 Å². The fraction of sp³-hybridized carbons (Fsp3) is 0.318. The lowest BCUT2D eigenvalue weighted by Crippen LogP contribution is -2.42. The van der Waals surface area contributed by atoms with Gasteiger partial charge in [-0.2, -0.15) is 0 Å². The highest BCUT2D eigenvalue weighted by Crippen LogP contribution is 2.48. The van der Waals surface area contributed by atoms with Crippen LogP contribution < -0.4 is 11.1 Å². The number of H-pyrrole nitrogens is 1. The Kier molecular flexibility index (Phi) is 5.08. The zero-order chi connectivity index (χ0) is 20.7. The molecule has 4 nitrogen and oxygen atoms in total. The van der Waals surface area contributed by atoms with Gasteiger partial charge in [-0.15, -0.1) is 0 Å². The fourth-order valence-corrected chi connectivity index (χ4v) is 4.05. The normalized spacial score (nSPS) is 19.8. The highest BCUT2D eigenvalue weighted by atomic mass is 19.1. The Labute approximate surface area is 166 Å². The number of amides is 1. The van der Waals surface area contributed by atoms with Crippen LogP contribution in [0.2, 0.25) is 0 Å². The molecule has 0 aliphatic heterocycles. The third-order valence-electron chi connectivity index (χ3n) is 5.62. The summed E-state index contributed by atoms with van der Waals surface area (Å²) in [6, 6.07) is 7.55. The molecule has 1 amide bonds. The number of halogens is 3. The molecule has 4 N–H and O–H groups in total. The Morgan fingerprint density at radius 3 is 2.52 bits per heavy atom. The third-order valence-corrected chi connectivity index (χ3v) is 5.62. The number of fused-ring (bicyclic) bond motifs is 1. The van der Waals surface area contributed by atoms with Crippen molar-refractivity contribution in [1.29, 1.82) is 0 Å². The van der Waals surface area contributed by atoms with Crippen molar-refractivity contribution in [2.75, 3.05) is 6.54 Å². The summed E-state index contributed by atoms with van der Waals surface area (Å²) < 4.78 is 41.7. The van der Waals surface area contributed by atoms with E-state index < -0.39 is 17.7 Å². The van der Waals surface area contributed by atoms with Crippen LogP contribution in [0.25, 0.3) is 22.2 Å². The van der Waals surface area contributed by atoms with Crippen molar-refractivity contribution in [2.24, 2.45) is 11.7 Å². The molecule has 0 saturated heterocycles. The second kappa shape index (κ2) is 7.55. The molecule has 152 valence electrons. The number of rotatable bonds is 5. The maximum absolute atomic E-state index is 14.4. The Bertz CT molecular complexity index is 1050. The highest BCUT2D eigenvalue weighted by molar-refractivity contribution is 5.92. The highest BCUT2D eigenvalue weighted by Gasteiger charge is 2.34. The van der Waals surface area contributed by atoms with Crippen molar-refractivity contribution in [3.63, 3.8) is 0 Å². The monoisotopic (exact) mass is 401 g/mol. The van der Waals surface area contributed by atoms with Gasteiger partial charge in [0.15, 0.2) is 0 Å². The second-order valence-electron chi connectivity index (χ2n) is 7.80. The Morgan fingerprint density at radius 1 is 1.17 bits per heavy atom. The van der Waals surface area contributed by atoms with Crippen molar-refractivity contribution < 1.29 is 18.0 Å². The molecular weight excluding hydrogens is 379 g/mol. The van der Waals surface area contributed by atoms with Gasteiger partial charge in [-0.25, -0.2) is 13.2 Å². The average Bonchev–Trinajstić information content (AvgIpc) is 3.00. The minimum atomic E-state index is -0.658. The van der Waals surface area contributed by atoms with E-state index in [1.165, 1.54) is 18.2 Å². The second-order valence-corrected chi connectivity index (χ2v) is 7.80. The van der Waals surface area contributed by atoms with E-state index in [1.54, 1.807) is 19.1 Å². The maximum Gasteiger partial charge on any atom is 0.236 e. The van der Waals surface area contributed by atoms with Gasteiger partial charge in [0.2, 0.25) is 5.91 Å². The quantitative estimate of drug-likeness (QED) is 0.599. The van der Waals surface area contributed by atoms with Crippen LogP contribution in [0.3, 0.4) is 0 Å². The van der Waals surface area contributed by atoms with Gasteiger partial charge in [-0.3, -0.25) is 4.79 Å². The molecule has 29 heavy (non-hydrogen) atoms. The molecule has 2 aromatic carbocycles. The van der Waals surface area contributed by atoms with E-state index in [1.807, 2.05) is 0 Å². The minimum Gasteiger partial charge on any atom is -0.354 e. The molecule has 1 fully saturated rings. The number of benzene rings is 2. The lowest BCUT2D eigenvalue weighted by Gasteiger charge is -2.36. The van der Waals surface area contributed by atoms with Crippen molar-refractivity contribution in [2.45, 2.75) is 31.7 Å². The van der Waals surface area contributed by atoms with E-state index in [4.69, 9.17) is 5.73 Å². The van der Waals surface area contributed by atoms with Gasteiger partial charge < -0.3 is 16.0 Å². The molecule has 1 heterocycles. The number of nitrogens with one attached hydrogen (secondary N) is 2. The van der Waals surface area contributed by atoms with Crippen LogP contribution in [-0.4, -0.2) is 23.5 Å². The van der Waals surface area contributed by atoms with Crippen LogP contribution in [-0.2, 0) is 4.79 Å². The number of carbonyl (C=O) groups is 1. The van der Waals surface area contributed by atoms with Gasteiger partial charge in [0, 0.05) is 18.0 Å². The van der Waals surface area contributed by atoms with E-state index in [0.717, 1.165) is 24.5 Å². The number of hydrogen-bond acceptors (Lipinski definition) is 2. The maximum atomic E-state index is 14.4. The van der Waals surface area contributed by atoms with Crippen molar-refractivity contribution >= 4 is 16.8 Å². The van der Waals surface area contributed by atoms with Crippen LogP contribution in [0, 0.1) is 23.4 Å². The number of nitrogens with two attached hydrogens (primary N) is 1. The molecule has 4 rings (SSSR count). The Hall–Kier alpha value is -2.80. The van der Waals surface area contributed by atoms with Crippen LogP contribution in [0.4, 0.5) is 13.2 Å². The molecule has 0 bridgehead atoms. The molecule has 1 unspecified atom stereocenters. The first-order valence-electron chi connectivity index (χ1n) is 9.63. The summed E-state index contributed by atoms with van der Waals surface area (Å²) in [5.41, 5.74) is 8.02. The van der Waals surface area contributed by atoms with E-state index in [0.29, 0.717) is 23.2 Å². The predicted octanol–water partition coefficient (Wildman–Crippen LogP) is 4.21. The molecule has 0 spiro atoms. The van der Waals surface area contributed by atoms with E-state index in [2.05, 4.69) is 10.3 Å². The van der Waals surface area contributed by atoms with Crippen LogP contribution >= 0.6 is 0 Å². The summed E-state index contributed by atoms with van der Waals surface area (Å²) in [5, 5.41) is 3.33. The first-order valence-corrected chi connectivity index (χ1v) is 9.63. The third kappa shape index (κ3) is 3.74. The van der Waals surface area contributed by atoms with Gasteiger partial charge in [0.1, 0.15) is 17.5 Å². The van der Waals surface area contributed by atoms with Crippen LogP contribution in [0.15, 0.2) is 36.4 Å². The predicted molar refractivity (Wildman–Crippen MR) is 106 cm³/mol. The zero-order valence-corrected chi connectivity index (χ0v) is 15.9. The smallest absolute Gasteiger partial charge is 0.236 e. The lowest BCUT2D eigenvalue weighted by atomic mass is 9.70. The van der Waals surface area contributed by atoms with Gasteiger partial charge >= 0.3 is 0 Å². The average molecular weight is 401 g/mol. The van der Waals surface area contributed by atoms with E-state index in [9.17, 15) is 18.0 Å². The first kappa shape index (κ1) is 19.5. The van der Waals surface area contributed by atoms with E-state index >= 15 is 0 Å². The molecular formula is C22H22F3N3O. The Balaban J connectivity index is 1.65. The molecule has 1 saturated carbocycles. The van der Waals surface area contributed by atoms with Crippen LogP contribution in [0.5, 0.6) is 0 Å². The first-order chi connectivity index (χ1) is 13.8. The molecule has 1 atom stereocenters. The van der Waals surface area contributed by atoms with Gasteiger partial charge in [0.25, 0.3) is 0 Å². The van der Waals surface area contributed by atoms with E-state index in [-0.39, 0.29) is 29.1 Å². The lowest BCUT2D eigenvalue weighted by molar-refractivity contribution is -0.122. The number of aromatic nitrogens is 1. The summed E-state index contributed by atoms with van der Waals surface area (Å²) >= 11 is 0. The molecule has 0 radical (unpaired) electrons. The van der Waals surface area contributed by atoms with Crippen molar-refractivity contribution in [3.05, 3.63) is 59.4 Å². The number of hydrogen-bond donors (Lipinski definition) is 3. The summed E-state index contributed by atoms with van der Waals surface area (Å²) in [5.74, 6) is -1.50. The summed E-state index contributed by atoms with van der Waals surface area (Å²) in [7, 11) is 0. The molecule has 1 aromatic heterocycles. The number of aromatic amines is 1. The molecule has 3 aromatic rings. The largest absolute Gasteiger partial charge is 0.354 e. The standard InChI is InChI=1S/C22H22F3N3O/c1-11(26)22(29)27-10-12-6-14(7-12)19-17-8-16(24)9-18(25)21(17)28-20(19)13-2-4-15(23)5-3-13/h2-5,8-9,11-12,14,28H,6-7,10,26H2,1H3,(H,27,29). The SMILES string of the molecule is CC(N)C(=O)NCC1CC(c2c(-c3ccc(F)cc3)[nH]c3c(F)cc(F)cc23)C1. The topological polar surface area (TPSA) is 70.9 Å². The zero-order valence-electron chi connectivity index (χ0n) is 15.9. The van der Waals surface area contributed by atoms with Gasteiger partial charge in [-0.05, 0) is 73.1 Å². The molecule has 7 heteroatoms. The fourth-order valence-electron chi connectivity index (χ4n) is 4.05. The summed E-state index contributed by atoms with van der Waals surface area (Å²) in [4.78, 5) is 14.7. The van der Waals surface area contributed by atoms with Crippen molar-refractivity contribution in [1.82, 2.24) is 10.3 Å². The Morgan fingerprint density at radius 2 is 1.86 bits per heavy atom. The molecule has 1 aliphatic carbocycles. The van der Waals surface area contributed by atoms with Gasteiger partial charge in [0.05, 0.1) is 17.3 Å². The summed E-state index contributed by atoms with van der Waals surface area (Å²) in [6.07, 6.45) is 1.55. The summed E-state index contributed by atoms with van der Waals surface area (Å²) in [6.45, 7) is 2.15. The molecule has 1 aliphatic rings. The minimum absolute atomic E-state index is 0.0854. The van der Waals surface area contributed by atoms with Gasteiger partial charge in [-0.1, -0.05) is 0 Å². The number of carbonyl (C=O) groups excluding carboxylic acids is 1.